The molecule has 1 atom stereocenters. The Kier molecular flexibility index (Phi) is 6.11. The average Bonchev–Trinajstić information content (AvgIpc) is 3.23. The Labute approximate surface area is 157 Å². The minimum atomic E-state index is -0.425. The molecule has 1 aliphatic rings. The summed E-state index contributed by atoms with van der Waals surface area (Å²) in [5, 5.41) is 0. The molecule has 1 unspecified atom stereocenters. The molecule has 3 rings (SSSR count). The van der Waals surface area contributed by atoms with Crippen LogP contribution in [0.4, 0.5) is 4.39 Å². The maximum Gasteiger partial charge on any atom is 0.289 e. The van der Waals surface area contributed by atoms with Gasteiger partial charge in [-0.3, -0.25) is 9.59 Å². The molecule has 1 aromatic carbocycles. The van der Waals surface area contributed by atoms with E-state index in [1.807, 2.05) is 0 Å². The van der Waals surface area contributed by atoms with Gasteiger partial charge in [0.25, 0.3) is 5.91 Å². The van der Waals surface area contributed by atoms with Crippen LogP contribution in [0, 0.1) is 11.7 Å². The molecule has 6 nitrogen and oxygen atoms in total. The summed E-state index contributed by atoms with van der Waals surface area (Å²) in [4.78, 5) is 28.3. The minimum Gasteiger partial charge on any atom is -0.489 e. The van der Waals surface area contributed by atoms with E-state index in [4.69, 9.17) is 9.15 Å². The van der Waals surface area contributed by atoms with Gasteiger partial charge in [0.1, 0.15) is 6.61 Å². The van der Waals surface area contributed by atoms with Gasteiger partial charge in [-0.1, -0.05) is 12.1 Å². The summed E-state index contributed by atoms with van der Waals surface area (Å²) in [6.45, 7) is 1.53. The Morgan fingerprint density at radius 1 is 1.30 bits per heavy atom. The number of hydrogen-bond acceptors (Lipinski definition) is 4. The summed E-state index contributed by atoms with van der Waals surface area (Å²) >= 11 is 0. The van der Waals surface area contributed by atoms with E-state index in [9.17, 15) is 14.0 Å². The number of hydrogen-bond donors (Lipinski definition) is 0. The number of ether oxygens (including phenoxy) is 1. The first-order valence-electron chi connectivity index (χ1n) is 9.01. The molecular weight excluding hydrogens is 351 g/mol. The number of likely N-dealkylation sites (N-methyl/N-ethyl adjacent to an activating group) is 1. The van der Waals surface area contributed by atoms with Crippen LogP contribution < -0.4 is 4.74 Å². The number of rotatable bonds is 6. The zero-order valence-corrected chi connectivity index (χ0v) is 15.3. The average molecular weight is 374 g/mol. The molecule has 7 heteroatoms. The number of halogens is 1. The van der Waals surface area contributed by atoms with Gasteiger partial charge in [0, 0.05) is 20.1 Å². The summed E-state index contributed by atoms with van der Waals surface area (Å²) in [5.74, 6) is -0.449. The van der Waals surface area contributed by atoms with Crippen LogP contribution in [0.3, 0.4) is 0 Å². The van der Waals surface area contributed by atoms with Gasteiger partial charge in [-0.25, -0.2) is 4.39 Å². The first-order chi connectivity index (χ1) is 13.1. The van der Waals surface area contributed by atoms with E-state index < -0.39 is 5.82 Å². The van der Waals surface area contributed by atoms with Crippen molar-refractivity contribution < 1.29 is 23.1 Å². The Morgan fingerprint density at radius 2 is 2.11 bits per heavy atom. The number of carbonyl (C=O) groups is 2. The van der Waals surface area contributed by atoms with Crippen LogP contribution >= 0.6 is 0 Å². The summed E-state index contributed by atoms with van der Waals surface area (Å²) in [7, 11) is 1.69. The van der Waals surface area contributed by atoms with E-state index >= 15 is 0 Å². The molecule has 1 aromatic heterocycles. The number of benzene rings is 1. The van der Waals surface area contributed by atoms with E-state index in [0.717, 1.165) is 12.8 Å². The molecule has 1 aliphatic heterocycles. The highest BCUT2D eigenvalue weighted by Crippen LogP contribution is 2.21. The molecule has 2 aromatic rings. The van der Waals surface area contributed by atoms with Crippen LogP contribution in [-0.2, 0) is 4.79 Å². The number of carbonyl (C=O) groups excluding carboxylic acids is 2. The molecule has 144 valence electrons. The van der Waals surface area contributed by atoms with Crippen molar-refractivity contribution in [3.63, 3.8) is 0 Å². The molecule has 1 saturated heterocycles. The number of amides is 2. The fourth-order valence-corrected chi connectivity index (χ4v) is 3.20. The van der Waals surface area contributed by atoms with Crippen molar-refractivity contribution in [2.45, 2.75) is 12.8 Å². The lowest BCUT2D eigenvalue weighted by Crippen LogP contribution is -2.46. The van der Waals surface area contributed by atoms with Crippen molar-refractivity contribution in [2.24, 2.45) is 5.92 Å². The SMILES string of the molecule is CN(CCOc1ccccc1F)C(=O)C1CCCN(C(=O)c2ccco2)C1. The van der Waals surface area contributed by atoms with Gasteiger partial charge in [-0.05, 0) is 37.1 Å². The van der Waals surface area contributed by atoms with Gasteiger partial charge < -0.3 is 19.0 Å². The number of furan rings is 1. The van der Waals surface area contributed by atoms with Crippen LogP contribution in [0.15, 0.2) is 47.1 Å². The highest BCUT2D eigenvalue weighted by Gasteiger charge is 2.31. The topological polar surface area (TPSA) is 63.0 Å². The lowest BCUT2D eigenvalue weighted by Gasteiger charge is -2.33. The molecule has 0 N–H and O–H groups in total. The number of para-hydroxylation sites is 1. The zero-order chi connectivity index (χ0) is 19.2. The summed E-state index contributed by atoms with van der Waals surface area (Å²) in [6.07, 6.45) is 2.96. The number of piperidine rings is 1. The number of likely N-dealkylation sites (tertiary alicyclic amines) is 1. The largest absolute Gasteiger partial charge is 0.489 e. The predicted octanol–water partition coefficient (Wildman–Crippen LogP) is 2.81. The van der Waals surface area contributed by atoms with Crippen LogP contribution in [0.2, 0.25) is 0 Å². The highest BCUT2D eigenvalue weighted by atomic mass is 19.1. The lowest BCUT2D eigenvalue weighted by molar-refractivity contribution is -0.135. The van der Waals surface area contributed by atoms with E-state index in [2.05, 4.69) is 0 Å². The second-order valence-electron chi connectivity index (χ2n) is 6.61. The van der Waals surface area contributed by atoms with E-state index in [1.54, 1.807) is 47.2 Å². The van der Waals surface area contributed by atoms with Gasteiger partial charge in [0.05, 0.1) is 18.7 Å². The monoisotopic (exact) mass is 374 g/mol. The second-order valence-corrected chi connectivity index (χ2v) is 6.61. The number of nitrogens with zero attached hydrogens (tertiary/aromatic N) is 2. The van der Waals surface area contributed by atoms with Crippen LogP contribution in [0.5, 0.6) is 5.75 Å². The molecule has 0 bridgehead atoms. The van der Waals surface area contributed by atoms with Crippen molar-refractivity contribution in [1.82, 2.24) is 9.80 Å². The molecule has 0 spiro atoms. The normalized spacial score (nSPS) is 16.8. The molecule has 1 fully saturated rings. The predicted molar refractivity (Wildman–Crippen MR) is 96.9 cm³/mol. The van der Waals surface area contributed by atoms with Crippen LogP contribution in [0.1, 0.15) is 23.4 Å². The Balaban J connectivity index is 1.50. The molecule has 2 heterocycles. The van der Waals surface area contributed by atoms with Crippen molar-refractivity contribution in [2.75, 3.05) is 33.3 Å². The van der Waals surface area contributed by atoms with Crippen molar-refractivity contribution in [1.29, 1.82) is 0 Å². The smallest absolute Gasteiger partial charge is 0.289 e. The maximum absolute atomic E-state index is 13.5. The van der Waals surface area contributed by atoms with Gasteiger partial charge in [0.15, 0.2) is 17.3 Å². The Morgan fingerprint density at radius 3 is 2.85 bits per heavy atom. The van der Waals surface area contributed by atoms with E-state index in [0.29, 0.717) is 19.6 Å². The van der Waals surface area contributed by atoms with Gasteiger partial charge in [0.2, 0.25) is 5.91 Å². The summed E-state index contributed by atoms with van der Waals surface area (Å²) in [6, 6.07) is 9.47. The fourth-order valence-electron chi connectivity index (χ4n) is 3.20. The third-order valence-corrected chi connectivity index (χ3v) is 4.69. The summed E-state index contributed by atoms with van der Waals surface area (Å²) < 4.78 is 24.1. The fraction of sp³-hybridized carbons (Fsp3) is 0.400. The third-order valence-electron chi connectivity index (χ3n) is 4.69. The maximum atomic E-state index is 13.5. The van der Waals surface area contributed by atoms with Crippen molar-refractivity contribution in [3.8, 4) is 5.75 Å². The summed E-state index contributed by atoms with van der Waals surface area (Å²) in [5.41, 5.74) is 0. The molecule has 27 heavy (non-hydrogen) atoms. The van der Waals surface area contributed by atoms with Crippen molar-refractivity contribution in [3.05, 3.63) is 54.2 Å². The van der Waals surface area contributed by atoms with E-state index in [1.165, 1.54) is 12.3 Å². The molecule has 2 amide bonds. The Hall–Kier alpha value is -2.83. The first-order valence-corrected chi connectivity index (χ1v) is 9.01. The molecular formula is C20H23FN2O4. The standard InChI is InChI=1S/C20H23FN2O4/c1-22(11-13-27-17-8-3-2-7-16(17)21)19(24)15-6-4-10-23(14-15)20(25)18-9-5-12-26-18/h2-3,5,7-9,12,15H,4,6,10-11,13-14H2,1H3. The van der Waals surface area contributed by atoms with Gasteiger partial charge in [-0.15, -0.1) is 0 Å². The first kappa shape index (κ1) is 18.9. The second kappa shape index (κ2) is 8.70. The molecule has 0 radical (unpaired) electrons. The van der Waals surface area contributed by atoms with Gasteiger partial charge in [-0.2, -0.15) is 0 Å². The van der Waals surface area contributed by atoms with Crippen LogP contribution in [0.25, 0.3) is 0 Å². The van der Waals surface area contributed by atoms with E-state index in [-0.39, 0.29) is 35.8 Å². The minimum absolute atomic E-state index is 0.0379. The van der Waals surface area contributed by atoms with Crippen molar-refractivity contribution >= 4 is 11.8 Å². The molecule has 0 aliphatic carbocycles. The third kappa shape index (κ3) is 4.67. The quantitative estimate of drug-likeness (QED) is 0.780. The van der Waals surface area contributed by atoms with Crippen LogP contribution in [-0.4, -0.2) is 54.9 Å². The Bertz CT molecular complexity index is 778. The highest BCUT2D eigenvalue weighted by molar-refractivity contribution is 5.92. The molecule has 0 saturated carbocycles. The van der Waals surface area contributed by atoms with Gasteiger partial charge >= 0.3 is 0 Å². The zero-order valence-electron chi connectivity index (χ0n) is 15.3. The lowest BCUT2D eigenvalue weighted by atomic mass is 9.96.